The van der Waals surface area contributed by atoms with Crippen LogP contribution in [0.4, 0.5) is 21.5 Å². The molecule has 1 N–H and O–H groups in total. The molecule has 0 atom stereocenters. The zero-order valence-electron chi connectivity index (χ0n) is 17.8. The molecular formula is C23H25FN4O4. The monoisotopic (exact) mass is 440 g/mol. The van der Waals surface area contributed by atoms with Crippen LogP contribution in [-0.4, -0.2) is 54.2 Å². The molecular weight excluding hydrogens is 415 g/mol. The highest BCUT2D eigenvalue weighted by Gasteiger charge is 2.26. The molecule has 0 spiro atoms. The number of piperazine rings is 1. The molecule has 32 heavy (non-hydrogen) atoms. The number of carbonyl (C=O) groups is 2. The molecule has 3 rings (SSSR count). The van der Waals surface area contributed by atoms with E-state index in [9.17, 15) is 24.1 Å². The third-order valence-electron chi connectivity index (χ3n) is 5.37. The standard InChI is InChI=1S/C23H25FN4O4/c1-3-4-9-25-21-7-6-18(28(31)32)15-19(21)23(30)27-12-10-26(11-13-27)22-8-5-17(16(2)29)14-20(22)24/h3,5-8,14-15,25H,1,4,9-13H2,2H3. The van der Waals surface area contributed by atoms with Crippen LogP contribution in [0.1, 0.15) is 34.1 Å². The first-order chi connectivity index (χ1) is 15.3. The van der Waals surface area contributed by atoms with E-state index in [1.54, 1.807) is 23.1 Å². The fourth-order valence-electron chi connectivity index (χ4n) is 3.59. The maximum atomic E-state index is 14.5. The summed E-state index contributed by atoms with van der Waals surface area (Å²) >= 11 is 0. The molecule has 0 saturated carbocycles. The first kappa shape index (κ1) is 22.9. The van der Waals surface area contributed by atoms with Gasteiger partial charge in [-0.1, -0.05) is 6.08 Å². The first-order valence-electron chi connectivity index (χ1n) is 10.3. The van der Waals surface area contributed by atoms with Gasteiger partial charge in [0.15, 0.2) is 5.78 Å². The zero-order chi connectivity index (χ0) is 23.3. The van der Waals surface area contributed by atoms with Crippen LogP contribution in [0.3, 0.4) is 0 Å². The number of rotatable bonds is 8. The average Bonchev–Trinajstić information content (AvgIpc) is 2.79. The Hall–Kier alpha value is -3.75. The Kier molecular flexibility index (Phi) is 7.19. The van der Waals surface area contributed by atoms with E-state index in [-0.39, 0.29) is 22.9 Å². The van der Waals surface area contributed by atoms with Crippen molar-refractivity contribution < 1.29 is 18.9 Å². The van der Waals surface area contributed by atoms with Crippen LogP contribution in [-0.2, 0) is 0 Å². The van der Waals surface area contributed by atoms with Crippen LogP contribution >= 0.6 is 0 Å². The number of carbonyl (C=O) groups excluding carboxylic acids is 2. The molecule has 0 aliphatic carbocycles. The molecule has 1 fully saturated rings. The van der Waals surface area contributed by atoms with Gasteiger partial charge in [0, 0.05) is 56.1 Å². The predicted molar refractivity (Wildman–Crippen MR) is 121 cm³/mol. The van der Waals surface area contributed by atoms with Crippen molar-refractivity contribution >= 4 is 28.8 Å². The minimum Gasteiger partial charge on any atom is -0.384 e. The van der Waals surface area contributed by atoms with Gasteiger partial charge in [0.1, 0.15) is 5.82 Å². The molecule has 1 heterocycles. The third-order valence-corrected chi connectivity index (χ3v) is 5.37. The van der Waals surface area contributed by atoms with E-state index in [1.165, 1.54) is 31.2 Å². The van der Waals surface area contributed by atoms with Gasteiger partial charge in [-0.2, -0.15) is 0 Å². The summed E-state index contributed by atoms with van der Waals surface area (Å²) in [5.74, 6) is -1.01. The molecule has 168 valence electrons. The summed E-state index contributed by atoms with van der Waals surface area (Å²) < 4.78 is 14.5. The lowest BCUT2D eigenvalue weighted by atomic mass is 10.1. The molecule has 1 aliphatic rings. The van der Waals surface area contributed by atoms with E-state index in [4.69, 9.17) is 0 Å². The van der Waals surface area contributed by atoms with Gasteiger partial charge in [-0.3, -0.25) is 19.7 Å². The van der Waals surface area contributed by atoms with Crippen molar-refractivity contribution in [3.63, 3.8) is 0 Å². The van der Waals surface area contributed by atoms with Crippen molar-refractivity contribution in [1.82, 2.24) is 4.90 Å². The van der Waals surface area contributed by atoms with Gasteiger partial charge in [0.05, 0.1) is 16.2 Å². The SMILES string of the molecule is C=CCCNc1ccc([N+](=O)[O-])cc1C(=O)N1CCN(c2ccc(C(C)=O)cc2F)CC1. The van der Waals surface area contributed by atoms with Crippen molar-refractivity contribution in [3.8, 4) is 0 Å². The normalized spacial score (nSPS) is 13.6. The Morgan fingerprint density at radius 3 is 2.50 bits per heavy atom. The molecule has 8 nitrogen and oxygen atoms in total. The Labute approximate surface area is 185 Å². The first-order valence-corrected chi connectivity index (χ1v) is 10.3. The maximum absolute atomic E-state index is 14.5. The summed E-state index contributed by atoms with van der Waals surface area (Å²) in [6.07, 6.45) is 2.42. The fraction of sp³-hybridized carbons (Fsp3) is 0.304. The number of benzene rings is 2. The highest BCUT2D eigenvalue weighted by molar-refractivity contribution is 6.00. The van der Waals surface area contributed by atoms with Crippen molar-refractivity contribution in [2.45, 2.75) is 13.3 Å². The number of nitro benzene ring substituents is 1. The van der Waals surface area contributed by atoms with E-state index < -0.39 is 10.7 Å². The second-order valence-electron chi connectivity index (χ2n) is 7.49. The zero-order valence-corrected chi connectivity index (χ0v) is 17.8. The molecule has 2 aromatic carbocycles. The highest BCUT2D eigenvalue weighted by Crippen LogP contribution is 2.26. The van der Waals surface area contributed by atoms with Crippen LogP contribution in [0.5, 0.6) is 0 Å². The number of anilines is 2. The lowest BCUT2D eigenvalue weighted by Crippen LogP contribution is -2.49. The second-order valence-corrected chi connectivity index (χ2v) is 7.49. The Morgan fingerprint density at radius 1 is 1.19 bits per heavy atom. The smallest absolute Gasteiger partial charge is 0.270 e. The van der Waals surface area contributed by atoms with Crippen molar-refractivity contribution in [2.75, 3.05) is 42.9 Å². The van der Waals surface area contributed by atoms with Gasteiger partial charge >= 0.3 is 0 Å². The number of ketones is 1. The van der Waals surface area contributed by atoms with E-state index in [0.717, 1.165) is 0 Å². The van der Waals surface area contributed by atoms with E-state index >= 15 is 0 Å². The quantitative estimate of drug-likeness (QED) is 0.220. The van der Waals surface area contributed by atoms with Crippen molar-refractivity contribution in [3.05, 3.63) is 76.1 Å². The summed E-state index contributed by atoms with van der Waals surface area (Å²) in [6, 6.07) is 8.56. The molecule has 0 radical (unpaired) electrons. The van der Waals surface area contributed by atoms with Crippen LogP contribution in [0.15, 0.2) is 49.1 Å². The lowest BCUT2D eigenvalue weighted by Gasteiger charge is -2.36. The highest BCUT2D eigenvalue weighted by atomic mass is 19.1. The van der Waals surface area contributed by atoms with Crippen molar-refractivity contribution in [1.29, 1.82) is 0 Å². The van der Waals surface area contributed by atoms with Crippen LogP contribution < -0.4 is 10.2 Å². The molecule has 1 saturated heterocycles. The van der Waals surface area contributed by atoms with Gasteiger partial charge in [-0.25, -0.2) is 4.39 Å². The number of nitro groups is 1. The minimum absolute atomic E-state index is 0.158. The molecule has 1 aliphatic heterocycles. The second kappa shape index (κ2) is 10.0. The summed E-state index contributed by atoms with van der Waals surface area (Å²) in [6.45, 7) is 7.06. The van der Waals surface area contributed by atoms with Gasteiger partial charge in [0.2, 0.25) is 0 Å². The number of Topliss-reactive ketones (excluding diaryl/α,β-unsaturated/α-hetero) is 1. The Bertz CT molecular complexity index is 1050. The number of non-ortho nitro benzene ring substituents is 1. The van der Waals surface area contributed by atoms with Crippen LogP contribution in [0.2, 0.25) is 0 Å². The van der Waals surface area contributed by atoms with E-state index in [1.807, 2.05) is 4.90 Å². The molecule has 1 amide bonds. The molecule has 0 bridgehead atoms. The van der Waals surface area contributed by atoms with Crippen molar-refractivity contribution in [2.24, 2.45) is 0 Å². The topological polar surface area (TPSA) is 95.8 Å². The summed E-state index contributed by atoms with van der Waals surface area (Å²) in [7, 11) is 0. The van der Waals surface area contributed by atoms with Gasteiger partial charge in [0.25, 0.3) is 11.6 Å². The van der Waals surface area contributed by atoms with Gasteiger partial charge in [-0.15, -0.1) is 6.58 Å². The van der Waals surface area contributed by atoms with Crippen LogP contribution in [0.25, 0.3) is 0 Å². The molecule has 0 aromatic heterocycles. The number of halogens is 1. The van der Waals surface area contributed by atoms with E-state index in [2.05, 4.69) is 11.9 Å². The predicted octanol–water partition coefficient (Wildman–Crippen LogP) is 3.89. The van der Waals surface area contributed by atoms with Crippen LogP contribution in [0, 0.1) is 15.9 Å². The largest absolute Gasteiger partial charge is 0.384 e. The Balaban J connectivity index is 1.74. The molecule has 2 aromatic rings. The number of nitrogens with one attached hydrogen (secondary N) is 1. The summed E-state index contributed by atoms with van der Waals surface area (Å²) in [5.41, 5.74) is 1.28. The lowest BCUT2D eigenvalue weighted by molar-refractivity contribution is -0.384. The van der Waals surface area contributed by atoms with Gasteiger partial charge < -0.3 is 15.1 Å². The summed E-state index contributed by atoms with van der Waals surface area (Å²) in [5, 5.41) is 14.3. The average molecular weight is 440 g/mol. The number of hydrogen-bond donors (Lipinski definition) is 1. The molecule has 0 unspecified atom stereocenters. The number of amides is 1. The van der Waals surface area contributed by atoms with E-state index in [0.29, 0.717) is 56.1 Å². The maximum Gasteiger partial charge on any atom is 0.270 e. The summed E-state index contributed by atoms with van der Waals surface area (Å²) in [4.78, 5) is 38.7. The van der Waals surface area contributed by atoms with Gasteiger partial charge in [-0.05, 0) is 37.6 Å². The third kappa shape index (κ3) is 5.11. The number of hydrogen-bond acceptors (Lipinski definition) is 6. The molecule has 9 heteroatoms. The Morgan fingerprint density at radius 2 is 1.91 bits per heavy atom. The number of nitrogens with zero attached hydrogens (tertiary/aromatic N) is 3. The minimum atomic E-state index is -0.532. The fourth-order valence-corrected chi connectivity index (χ4v) is 3.59.